The van der Waals surface area contributed by atoms with Gasteiger partial charge in [0.25, 0.3) is 0 Å². The lowest BCUT2D eigenvalue weighted by atomic mass is 9.87. The van der Waals surface area contributed by atoms with Gasteiger partial charge in [0, 0.05) is 34.9 Å². The average Bonchev–Trinajstić information content (AvgIpc) is 3.46. The Kier molecular flexibility index (Phi) is 5.18. The van der Waals surface area contributed by atoms with Gasteiger partial charge in [-0.05, 0) is 105 Å². The average molecular weight is 402 g/mol. The van der Waals surface area contributed by atoms with Gasteiger partial charge in [0.1, 0.15) is 0 Å². The van der Waals surface area contributed by atoms with Crippen molar-refractivity contribution < 1.29 is 0 Å². The molecule has 1 N–H and O–H groups in total. The first-order valence-corrected chi connectivity index (χ1v) is 11.8. The number of aryl methyl sites for hydroxylation is 2. The van der Waals surface area contributed by atoms with Crippen LogP contribution >= 0.6 is 0 Å². The van der Waals surface area contributed by atoms with E-state index in [-0.39, 0.29) is 0 Å². The first kappa shape index (κ1) is 19.8. The monoisotopic (exact) mass is 401 g/mol. The lowest BCUT2D eigenvalue weighted by Crippen LogP contribution is -2.34. The summed E-state index contributed by atoms with van der Waals surface area (Å²) in [7, 11) is 0. The van der Waals surface area contributed by atoms with Crippen LogP contribution in [-0.2, 0) is 0 Å². The summed E-state index contributed by atoms with van der Waals surface area (Å²) < 4.78 is 0. The van der Waals surface area contributed by atoms with E-state index in [0.29, 0.717) is 11.8 Å². The largest absolute Gasteiger partial charge is 0.354 e. The third kappa shape index (κ3) is 3.80. The molecule has 0 spiro atoms. The predicted molar refractivity (Wildman–Crippen MR) is 126 cm³/mol. The molecule has 2 fully saturated rings. The summed E-state index contributed by atoms with van der Waals surface area (Å²) in [5, 5.41) is 1.41. The van der Waals surface area contributed by atoms with Gasteiger partial charge in [0.2, 0.25) is 0 Å². The Morgan fingerprint density at radius 1 is 1.07 bits per heavy atom. The van der Waals surface area contributed by atoms with Crippen LogP contribution in [0.1, 0.15) is 73.8 Å². The fourth-order valence-electron chi connectivity index (χ4n) is 5.31. The van der Waals surface area contributed by atoms with Gasteiger partial charge in [0.05, 0.1) is 5.69 Å². The molecule has 0 bridgehead atoms. The number of piperidine rings is 1. The van der Waals surface area contributed by atoms with E-state index < -0.39 is 0 Å². The molecular weight excluding hydrogens is 366 g/mol. The van der Waals surface area contributed by atoms with Crippen molar-refractivity contribution in [1.82, 2.24) is 14.9 Å². The van der Waals surface area contributed by atoms with E-state index in [2.05, 4.69) is 66.8 Å². The molecule has 0 radical (unpaired) electrons. The van der Waals surface area contributed by atoms with E-state index >= 15 is 0 Å². The van der Waals surface area contributed by atoms with Crippen molar-refractivity contribution in [3.63, 3.8) is 0 Å². The number of hydrogen-bond donors (Lipinski definition) is 1. The maximum absolute atomic E-state index is 4.48. The zero-order valence-electron chi connectivity index (χ0n) is 19.0. The molecule has 1 aliphatic carbocycles. The number of aromatic amines is 1. The molecule has 30 heavy (non-hydrogen) atoms. The van der Waals surface area contributed by atoms with Crippen molar-refractivity contribution in [3.8, 4) is 11.3 Å². The Morgan fingerprint density at radius 2 is 1.83 bits per heavy atom. The number of nitrogens with zero attached hydrogens (tertiary/aromatic N) is 2. The molecule has 2 aliphatic rings. The van der Waals surface area contributed by atoms with Crippen molar-refractivity contribution in [2.45, 2.75) is 65.2 Å². The zero-order valence-corrected chi connectivity index (χ0v) is 19.0. The number of likely N-dealkylation sites (tertiary alicyclic amines) is 1. The second-order valence-electron chi connectivity index (χ2n) is 10.0. The quantitative estimate of drug-likeness (QED) is 0.525. The molecular formula is C27H35N3. The van der Waals surface area contributed by atoms with Gasteiger partial charge in [-0.3, -0.25) is 4.98 Å². The van der Waals surface area contributed by atoms with E-state index in [0.717, 1.165) is 11.6 Å². The number of rotatable bonds is 5. The van der Waals surface area contributed by atoms with E-state index in [1.165, 1.54) is 84.2 Å². The zero-order chi connectivity index (χ0) is 20.8. The number of hydrogen-bond acceptors (Lipinski definition) is 2. The summed E-state index contributed by atoms with van der Waals surface area (Å²) >= 11 is 0. The number of benzene rings is 1. The van der Waals surface area contributed by atoms with Crippen LogP contribution in [-0.4, -0.2) is 34.5 Å². The van der Waals surface area contributed by atoms with Crippen LogP contribution in [0.2, 0.25) is 0 Å². The Morgan fingerprint density at radius 3 is 2.53 bits per heavy atom. The topological polar surface area (TPSA) is 31.9 Å². The normalized spacial score (nSPS) is 18.6. The number of nitrogens with one attached hydrogen (secondary N) is 1. The van der Waals surface area contributed by atoms with Crippen LogP contribution in [0.4, 0.5) is 0 Å². The fourth-order valence-corrected chi connectivity index (χ4v) is 5.31. The summed E-state index contributed by atoms with van der Waals surface area (Å²) in [6.07, 6.45) is 7.52. The predicted octanol–water partition coefficient (Wildman–Crippen LogP) is 6.56. The lowest BCUT2D eigenvalue weighted by molar-refractivity contribution is 0.205. The molecule has 1 saturated heterocycles. The summed E-state index contributed by atoms with van der Waals surface area (Å²) in [4.78, 5) is 10.9. The molecule has 5 rings (SSSR count). The van der Waals surface area contributed by atoms with Crippen LogP contribution in [0.25, 0.3) is 22.2 Å². The van der Waals surface area contributed by atoms with E-state index in [9.17, 15) is 0 Å². The third-order valence-corrected chi connectivity index (χ3v) is 7.22. The van der Waals surface area contributed by atoms with Crippen molar-refractivity contribution in [2.24, 2.45) is 5.92 Å². The van der Waals surface area contributed by atoms with Crippen molar-refractivity contribution in [2.75, 3.05) is 19.6 Å². The lowest BCUT2D eigenvalue weighted by Gasteiger charge is -2.32. The van der Waals surface area contributed by atoms with Crippen LogP contribution in [0, 0.1) is 19.8 Å². The molecule has 3 nitrogen and oxygen atoms in total. The van der Waals surface area contributed by atoms with Gasteiger partial charge in [-0.1, -0.05) is 19.9 Å². The third-order valence-electron chi connectivity index (χ3n) is 7.22. The Balaban J connectivity index is 1.48. The van der Waals surface area contributed by atoms with Crippen molar-refractivity contribution >= 4 is 10.9 Å². The fraction of sp³-hybridized carbons (Fsp3) is 0.519. The highest BCUT2D eigenvalue weighted by Gasteiger charge is 2.28. The maximum atomic E-state index is 4.48. The molecule has 0 amide bonds. The number of pyridine rings is 1. The standard InChI is InChI=1S/C27H35N3/c1-17(2)26-24-14-22(21-9-11-30(12-10-21)16-20-5-6-20)7-8-25(24)29-27(26)23-13-19(4)28-15-18(23)3/h7-8,13-15,17,20-21,29H,5-6,9-12,16H2,1-4H3. The molecule has 158 valence electrons. The van der Waals surface area contributed by atoms with Crippen LogP contribution < -0.4 is 0 Å². The molecule has 0 atom stereocenters. The minimum Gasteiger partial charge on any atom is -0.354 e. The summed E-state index contributed by atoms with van der Waals surface area (Å²) in [5.41, 5.74) is 9.12. The Bertz CT molecular complexity index is 1050. The van der Waals surface area contributed by atoms with Gasteiger partial charge in [-0.15, -0.1) is 0 Å². The molecule has 1 saturated carbocycles. The summed E-state index contributed by atoms with van der Waals surface area (Å²) in [6.45, 7) is 12.8. The van der Waals surface area contributed by atoms with E-state index in [1.54, 1.807) is 0 Å². The molecule has 3 aromatic rings. The SMILES string of the molecule is Cc1cc(-c2[nH]c3ccc(C4CCN(CC5CC5)CC4)cc3c2C(C)C)c(C)cn1. The Hall–Kier alpha value is -2.13. The molecule has 3 heteroatoms. The molecule has 1 aromatic carbocycles. The second-order valence-corrected chi connectivity index (χ2v) is 10.0. The first-order valence-electron chi connectivity index (χ1n) is 11.8. The Labute approximate surface area is 180 Å². The van der Waals surface area contributed by atoms with Gasteiger partial charge < -0.3 is 9.88 Å². The van der Waals surface area contributed by atoms with Gasteiger partial charge in [-0.25, -0.2) is 0 Å². The van der Waals surface area contributed by atoms with Crippen LogP contribution in [0.15, 0.2) is 30.5 Å². The van der Waals surface area contributed by atoms with Crippen molar-refractivity contribution in [3.05, 3.63) is 52.8 Å². The van der Waals surface area contributed by atoms with Gasteiger partial charge >= 0.3 is 0 Å². The van der Waals surface area contributed by atoms with Gasteiger partial charge in [0.15, 0.2) is 0 Å². The number of aromatic nitrogens is 2. The second kappa shape index (κ2) is 7.85. The molecule has 1 aliphatic heterocycles. The van der Waals surface area contributed by atoms with E-state index in [1.807, 2.05) is 6.20 Å². The van der Waals surface area contributed by atoms with Crippen molar-refractivity contribution in [1.29, 1.82) is 0 Å². The number of fused-ring (bicyclic) bond motifs is 1. The first-order chi connectivity index (χ1) is 14.5. The highest BCUT2D eigenvalue weighted by Crippen LogP contribution is 2.39. The smallest absolute Gasteiger partial charge is 0.0503 e. The van der Waals surface area contributed by atoms with Crippen LogP contribution in [0.5, 0.6) is 0 Å². The minimum atomic E-state index is 0.470. The molecule has 0 unspecified atom stereocenters. The molecule has 3 heterocycles. The summed E-state index contributed by atoms with van der Waals surface area (Å²) in [6, 6.07) is 9.41. The number of H-pyrrole nitrogens is 1. The maximum Gasteiger partial charge on any atom is 0.0503 e. The summed E-state index contributed by atoms with van der Waals surface area (Å²) in [5.74, 6) is 2.18. The van der Waals surface area contributed by atoms with Crippen LogP contribution in [0.3, 0.4) is 0 Å². The highest BCUT2D eigenvalue weighted by atomic mass is 15.1. The van der Waals surface area contributed by atoms with Gasteiger partial charge in [-0.2, -0.15) is 0 Å². The highest BCUT2D eigenvalue weighted by molar-refractivity contribution is 5.92. The van der Waals surface area contributed by atoms with E-state index in [4.69, 9.17) is 0 Å². The molecule has 2 aromatic heterocycles. The minimum absolute atomic E-state index is 0.470.